The summed E-state index contributed by atoms with van der Waals surface area (Å²) in [4.78, 5) is 14.5. The monoisotopic (exact) mass is 386 g/mol. The predicted molar refractivity (Wildman–Crippen MR) is 113 cm³/mol. The number of nitrogens with zero attached hydrogens (tertiary/aromatic N) is 1. The van der Waals surface area contributed by atoms with Crippen molar-refractivity contribution in [2.45, 2.75) is 46.1 Å². The molecule has 0 fully saturated rings. The maximum Gasteiger partial charge on any atom is 0.238 e. The van der Waals surface area contributed by atoms with Crippen LogP contribution in [-0.4, -0.2) is 31.5 Å². The molecule has 1 amide bonds. The van der Waals surface area contributed by atoms with E-state index < -0.39 is 5.82 Å². The van der Waals surface area contributed by atoms with Gasteiger partial charge >= 0.3 is 0 Å². The number of likely N-dealkylation sites (N-methyl/N-ethyl adjacent to an activating group) is 1. The van der Waals surface area contributed by atoms with Crippen LogP contribution in [0.1, 0.15) is 56.2 Å². The normalized spacial score (nSPS) is 11.4. The highest BCUT2D eigenvalue weighted by Crippen LogP contribution is 2.32. The largest absolute Gasteiger partial charge is 0.494 e. The summed E-state index contributed by atoms with van der Waals surface area (Å²) in [6.07, 6.45) is 0. The SMILES string of the molecule is COc1ccc(CN(C)CC(=O)Nc2c(C(C)C)cccc2C(C)C)cc1F. The molecule has 152 valence electrons. The van der Waals surface area contributed by atoms with Gasteiger partial charge in [-0.2, -0.15) is 0 Å². The molecule has 0 spiro atoms. The fraction of sp³-hybridized carbons (Fsp3) is 0.435. The topological polar surface area (TPSA) is 41.6 Å². The number of hydrogen-bond donors (Lipinski definition) is 1. The standard InChI is InChI=1S/C23H31FN2O2/c1-15(2)18-8-7-9-19(16(3)4)23(18)25-22(27)14-26(5)13-17-10-11-21(28-6)20(24)12-17/h7-12,15-16H,13-14H2,1-6H3,(H,25,27). The average molecular weight is 387 g/mol. The molecule has 0 aliphatic carbocycles. The van der Waals surface area contributed by atoms with E-state index in [4.69, 9.17) is 4.74 Å². The number of methoxy groups -OCH3 is 1. The van der Waals surface area contributed by atoms with Gasteiger partial charge in [-0.25, -0.2) is 4.39 Å². The van der Waals surface area contributed by atoms with E-state index >= 15 is 0 Å². The van der Waals surface area contributed by atoms with E-state index in [-0.39, 0.29) is 18.2 Å². The first-order valence-electron chi connectivity index (χ1n) is 9.66. The van der Waals surface area contributed by atoms with Crippen LogP contribution in [-0.2, 0) is 11.3 Å². The zero-order chi connectivity index (χ0) is 20.8. The lowest BCUT2D eigenvalue weighted by Gasteiger charge is -2.22. The van der Waals surface area contributed by atoms with E-state index in [2.05, 4.69) is 45.1 Å². The average Bonchev–Trinajstić information content (AvgIpc) is 2.61. The Kier molecular flexibility index (Phi) is 7.58. The van der Waals surface area contributed by atoms with Crippen molar-refractivity contribution in [1.29, 1.82) is 0 Å². The first kappa shape index (κ1) is 21.9. The van der Waals surface area contributed by atoms with Crippen LogP contribution in [0.2, 0.25) is 0 Å². The number of nitrogens with one attached hydrogen (secondary N) is 1. The molecule has 0 aliphatic rings. The first-order chi connectivity index (χ1) is 13.2. The van der Waals surface area contributed by atoms with Crippen molar-refractivity contribution in [3.63, 3.8) is 0 Å². The fourth-order valence-electron chi connectivity index (χ4n) is 3.30. The quantitative estimate of drug-likeness (QED) is 0.682. The zero-order valence-electron chi connectivity index (χ0n) is 17.7. The van der Waals surface area contributed by atoms with Crippen LogP contribution in [0.3, 0.4) is 0 Å². The van der Waals surface area contributed by atoms with E-state index in [1.165, 1.54) is 13.2 Å². The number of ether oxygens (including phenoxy) is 1. The Bertz CT molecular complexity index is 792. The van der Waals surface area contributed by atoms with Gasteiger partial charge in [-0.3, -0.25) is 9.69 Å². The predicted octanol–water partition coefficient (Wildman–Crippen LogP) is 5.15. The van der Waals surface area contributed by atoms with E-state index in [0.29, 0.717) is 18.4 Å². The summed E-state index contributed by atoms with van der Waals surface area (Å²) in [5.74, 6) is 0.371. The van der Waals surface area contributed by atoms with Crippen molar-refractivity contribution in [2.24, 2.45) is 0 Å². The second-order valence-corrected chi connectivity index (χ2v) is 7.81. The number of benzene rings is 2. The fourth-order valence-corrected chi connectivity index (χ4v) is 3.30. The molecule has 4 nitrogen and oxygen atoms in total. The molecule has 28 heavy (non-hydrogen) atoms. The smallest absolute Gasteiger partial charge is 0.238 e. The Morgan fingerprint density at radius 1 is 1.11 bits per heavy atom. The molecular weight excluding hydrogens is 355 g/mol. The number of carbonyl (C=O) groups excluding carboxylic acids is 1. The summed E-state index contributed by atoms with van der Waals surface area (Å²) in [6.45, 7) is 9.19. The second kappa shape index (κ2) is 9.69. The van der Waals surface area contributed by atoms with Crippen molar-refractivity contribution in [3.8, 4) is 5.75 Å². The van der Waals surface area contributed by atoms with Gasteiger partial charge in [0.15, 0.2) is 11.6 Å². The van der Waals surface area contributed by atoms with Crippen molar-refractivity contribution in [2.75, 3.05) is 26.0 Å². The number of carbonyl (C=O) groups is 1. The van der Waals surface area contributed by atoms with Crippen molar-refractivity contribution < 1.29 is 13.9 Å². The van der Waals surface area contributed by atoms with Crippen molar-refractivity contribution in [3.05, 3.63) is 58.9 Å². The number of hydrogen-bond acceptors (Lipinski definition) is 3. The molecule has 0 radical (unpaired) electrons. The summed E-state index contributed by atoms with van der Waals surface area (Å²) in [7, 11) is 3.29. The molecule has 0 atom stereocenters. The van der Waals surface area contributed by atoms with Crippen molar-refractivity contribution >= 4 is 11.6 Å². The van der Waals surface area contributed by atoms with E-state index in [1.54, 1.807) is 12.1 Å². The van der Waals surface area contributed by atoms with Gasteiger partial charge in [-0.05, 0) is 47.7 Å². The number of rotatable bonds is 8. The van der Waals surface area contributed by atoms with Gasteiger partial charge in [0, 0.05) is 12.2 Å². The van der Waals surface area contributed by atoms with Gasteiger partial charge in [-0.1, -0.05) is 52.0 Å². The molecule has 0 bridgehead atoms. The minimum atomic E-state index is -0.398. The lowest BCUT2D eigenvalue weighted by atomic mass is 9.92. The van der Waals surface area contributed by atoms with Gasteiger partial charge < -0.3 is 10.1 Å². The summed E-state index contributed by atoms with van der Waals surface area (Å²) >= 11 is 0. The van der Waals surface area contributed by atoms with Gasteiger partial charge in [-0.15, -0.1) is 0 Å². The van der Waals surface area contributed by atoms with Gasteiger partial charge in [0.05, 0.1) is 13.7 Å². The van der Waals surface area contributed by atoms with E-state index in [0.717, 1.165) is 22.4 Å². The lowest BCUT2D eigenvalue weighted by molar-refractivity contribution is -0.117. The molecule has 0 heterocycles. The Morgan fingerprint density at radius 2 is 1.71 bits per heavy atom. The van der Waals surface area contributed by atoms with Crippen LogP contribution < -0.4 is 10.1 Å². The second-order valence-electron chi connectivity index (χ2n) is 7.81. The maximum atomic E-state index is 13.9. The molecule has 0 unspecified atom stereocenters. The van der Waals surface area contributed by atoms with E-state index in [1.807, 2.05) is 18.0 Å². The molecule has 0 aromatic heterocycles. The van der Waals surface area contributed by atoms with Gasteiger partial charge in [0.25, 0.3) is 0 Å². The third-order valence-corrected chi connectivity index (χ3v) is 4.72. The van der Waals surface area contributed by atoms with Crippen LogP contribution in [0.5, 0.6) is 5.75 Å². The molecular formula is C23H31FN2O2. The highest BCUT2D eigenvalue weighted by molar-refractivity contribution is 5.94. The Labute approximate surface area is 167 Å². The molecule has 0 aliphatic heterocycles. The Hall–Kier alpha value is -2.40. The molecule has 2 rings (SSSR count). The maximum absolute atomic E-state index is 13.9. The third kappa shape index (κ3) is 5.55. The minimum Gasteiger partial charge on any atom is -0.494 e. The summed E-state index contributed by atoms with van der Waals surface area (Å²) < 4.78 is 18.8. The van der Waals surface area contributed by atoms with E-state index in [9.17, 15) is 9.18 Å². The Morgan fingerprint density at radius 3 is 2.21 bits per heavy atom. The summed E-state index contributed by atoms with van der Waals surface area (Å²) in [6, 6.07) is 11.0. The number of anilines is 1. The molecule has 0 saturated carbocycles. The molecule has 1 N–H and O–H groups in total. The highest BCUT2D eigenvalue weighted by Gasteiger charge is 2.17. The van der Waals surface area contributed by atoms with Crippen LogP contribution in [0, 0.1) is 5.82 Å². The number of para-hydroxylation sites is 1. The van der Waals surface area contributed by atoms with Crippen LogP contribution in [0.4, 0.5) is 10.1 Å². The molecule has 2 aromatic carbocycles. The third-order valence-electron chi connectivity index (χ3n) is 4.72. The summed E-state index contributed by atoms with van der Waals surface area (Å²) in [5, 5.41) is 3.11. The van der Waals surface area contributed by atoms with Crippen LogP contribution in [0.15, 0.2) is 36.4 Å². The Balaban J connectivity index is 2.08. The minimum absolute atomic E-state index is 0.0773. The number of amides is 1. The van der Waals surface area contributed by atoms with Crippen LogP contribution in [0.25, 0.3) is 0 Å². The first-order valence-corrected chi connectivity index (χ1v) is 9.66. The van der Waals surface area contributed by atoms with Crippen molar-refractivity contribution in [1.82, 2.24) is 4.90 Å². The number of halogens is 1. The lowest BCUT2D eigenvalue weighted by Crippen LogP contribution is -2.30. The van der Waals surface area contributed by atoms with Gasteiger partial charge in [0.1, 0.15) is 0 Å². The highest BCUT2D eigenvalue weighted by atomic mass is 19.1. The van der Waals surface area contributed by atoms with Crippen LogP contribution >= 0.6 is 0 Å². The molecule has 0 saturated heterocycles. The molecule has 5 heteroatoms. The summed E-state index contributed by atoms with van der Waals surface area (Å²) in [5.41, 5.74) is 3.99. The van der Waals surface area contributed by atoms with Gasteiger partial charge in [0.2, 0.25) is 5.91 Å². The zero-order valence-corrected chi connectivity index (χ0v) is 17.7. The molecule has 2 aromatic rings.